The minimum Gasteiger partial charge on any atom is -0.379 e. The number of H-pyrrole nitrogens is 1. The standard InChI is InChI=1S/C51H70F4N8O11/c1-32-30-62(31-33(2)61(32)6)41-12-10-34(27-40(41)59-48(68)37-29-58-44(65)28-38(37)51(53,54)55)36-26-35(9-11-39(36)52)47(67)57-14-17-71-19-21-73-23-25-74-24-22-72-20-18-70-16-13-43(64)60-45(50(3,4)5)49(69)63-15-7-8-42(63)46(56)66/h9-12,26-29,32-33,42,45H,7-8,13-25,30-31H2,1-6H3,(H2,56,66)(H,57,67)(H,58,65)(H,59,68)(H,60,64)/t32-,33?,42-,45+/m0/s1. The Balaban J connectivity index is 0.973. The molecule has 74 heavy (non-hydrogen) atoms. The van der Waals surface area contributed by atoms with Crippen LogP contribution in [0.4, 0.5) is 28.9 Å². The lowest BCUT2D eigenvalue weighted by molar-refractivity contribution is -0.143. The summed E-state index contributed by atoms with van der Waals surface area (Å²) in [6.45, 7) is 13.8. The Bertz CT molecular complexity index is 2440. The molecule has 2 aromatic carbocycles. The van der Waals surface area contributed by atoms with Crippen molar-refractivity contribution in [2.75, 3.05) is 110 Å². The largest absolute Gasteiger partial charge is 0.417 e. The maximum absolute atomic E-state index is 15.5. The molecule has 0 saturated carbocycles. The Labute approximate surface area is 428 Å². The Morgan fingerprint density at radius 2 is 1.41 bits per heavy atom. The zero-order chi connectivity index (χ0) is 54.2. The number of aromatic nitrogens is 1. The molecule has 2 aliphatic heterocycles. The van der Waals surface area contributed by atoms with Crippen molar-refractivity contribution in [2.24, 2.45) is 11.1 Å². The zero-order valence-electron chi connectivity index (χ0n) is 42.9. The normalized spacial score (nSPS) is 17.8. The lowest BCUT2D eigenvalue weighted by Gasteiger charge is -2.44. The number of rotatable bonds is 26. The maximum atomic E-state index is 15.5. The number of carbonyl (C=O) groups is 5. The van der Waals surface area contributed by atoms with E-state index < -0.39 is 63.9 Å². The van der Waals surface area contributed by atoms with Crippen molar-refractivity contribution in [3.8, 4) is 11.1 Å². The van der Waals surface area contributed by atoms with E-state index >= 15 is 4.39 Å². The van der Waals surface area contributed by atoms with Crippen LogP contribution in [0.3, 0.4) is 0 Å². The van der Waals surface area contributed by atoms with E-state index in [0.29, 0.717) is 76.9 Å². The van der Waals surface area contributed by atoms with Crippen LogP contribution in [0.1, 0.15) is 80.2 Å². The van der Waals surface area contributed by atoms with E-state index in [9.17, 15) is 41.9 Å². The summed E-state index contributed by atoms with van der Waals surface area (Å²) in [5, 5.41) is 8.11. The zero-order valence-corrected chi connectivity index (χ0v) is 42.9. The molecule has 1 aromatic heterocycles. The van der Waals surface area contributed by atoms with E-state index in [1.54, 1.807) is 12.1 Å². The summed E-state index contributed by atoms with van der Waals surface area (Å²) in [5.41, 5.74) is 2.63. The Kier molecular flexibility index (Phi) is 21.9. The second kappa shape index (κ2) is 27.5. The Hall–Kier alpha value is -5.98. The molecule has 0 radical (unpaired) electrons. The topological polar surface area (TPSA) is 236 Å². The number of nitrogens with zero attached hydrogens (tertiary/aromatic N) is 3. The van der Waals surface area contributed by atoms with E-state index in [1.165, 1.54) is 23.1 Å². The predicted octanol–water partition coefficient (Wildman–Crippen LogP) is 4.19. The number of nitrogens with two attached hydrogens (primary N) is 1. The highest BCUT2D eigenvalue weighted by molar-refractivity contribution is 6.07. The van der Waals surface area contributed by atoms with Crippen molar-refractivity contribution in [1.82, 2.24) is 25.4 Å². The van der Waals surface area contributed by atoms with Crippen LogP contribution in [0, 0.1) is 11.2 Å². The molecule has 23 heteroatoms. The first-order chi connectivity index (χ1) is 35.1. The summed E-state index contributed by atoms with van der Waals surface area (Å²) in [6.07, 6.45) is -3.07. The van der Waals surface area contributed by atoms with Gasteiger partial charge in [0, 0.05) is 68.1 Å². The fourth-order valence-electron chi connectivity index (χ4n) is 8.51. The fourth-order valence-corrected chi connectivity index (χ4v) is 8.51. The molecule has 0 aliphatic carbocycles. The number of primary amides is 1. The van der Waals surface area contributed by atoms with Crippen LogP contribution in [0.15, 0.2) is 53.5 Å². The number of piperazine rings is 1. The fraction of sp³-hybridized carbons (Fsp3) is 0.569. The lowest BCUT2D eigenvalue weighted by atomic mass is 9.85. The summed E-state index contributed by atoms with van der Waals surface area (Å²) in [4.78, 5) is 84.0. The van der Waals surface area contributed by atoms with Gasteiger partial charge in [-0.05, 0) is 75.0 Å². The molecule has 5 amide bonds. The molecule has 2 saturated heterocycles. The lowest BCUT2D eigenvalue weighted by Crippen LogP contribution is -2.57. The number of ether oxygens (including phenoxy) is 5. The minimum absolute atomic E-state index is 0.00847. The molecule has 3 heterocycles. The van der Waals surface area contributed by atoms with Crippen LogP contribution in [-0.2, 0) is 44.2 Å². The third kappa shape index (κ3) is 17.0. The quantitative estimate of drug-likeness (QED) is 0.0561. The van der Waals surface area contributed by atoms with Crippen LogP contribution in [-0.4, -0.2) is 168 Å². The summed E-state index contributed by atoms with van der Waals surface area (Å²) >= 11 is 0. The number of benzene rings is 2. The third-order valence-electron chi connectivity index (χ3n) is 12.7. The monoisotopic (exact) mass is 1050 g/mol. The van der Waals surface area contributed by atoms with Gasteiger partial charge in [-0.15, -0.1) is 0 Å². The molecule has 2 aliphatic rings. The molecule has 0 bridgehead atoms. The first-order valence-corrected chi connectivity index (χ1v) is 24.6. The van der Waals surface area contributed by atoms with Crippen molar-refractivity contribution in [1.29, 1.82) is 0 Å². The average Bonchev–Trinajstić information content (AvgIpc) is 3.85. The summed E-state index contributed by atoms with van der Waals surface area (Å²) in [5.74, 6) is -3.56. The smallest absolute Gasteiger partial charge is 0.379 e. The number of alkyl halides is 3. The first kappa shape index (κ1) is 58.9. The van der Waals surface area contributed by atoms with E-state index in [0.717, 1.165) is 6.07 Å². The van der Waals surface area contributed by atoms with Gasteiger partial charge < -0.3 is 60.2 Å². The molecule has 2 fully saturated rings. The molecule has 408 valence electrons. The van der Waals surface area contributed by atoms with E-state index in [1.807, 2.05) is 46.6 Å². The summed E-state index contributed by atoms with van der Waals surface area (Å²) in [6, 6.07) is 7.47. The molecule has 3 aromatic rings. The average molecular weight is 1050 g/mol. The highest BCUT2D eigenvalue weighted by Gasteiger charge is 2.41. The van der Waals surface area contributed by atoms with Crippen LogP contribution >= 0.6 is 0 Å². The molecular formula is C51H70F4N8O11. The number of aromatic amines is 1. The molecule has 0 spiro atoms. The molecule has 1 unspecified atom stereocenters. The van der Waals surface area contributed by atoms with Gasteiger partial charge in [-0.1, -0.05) is 26.8 Å². The van der Waals surface area contributed by atoms with Gasteiger partial charge in [0.2, 0.25) is 23.3 Å². The Morgan fingerprint density at radius 1 is 0.811 bits per heavy atom. The number of anilines is 2. The van der Waals surface area contributed by atoms with Crippen molar-refractivity contribution >= 4 is 40.9 Å². The number of amides is 5. The van der Waals surface area contributed by atoms with Gasteiger partial charge in [-0.3, -0.25) is 33.7 Å². The van der Waals surface area contributed by atoms with E-state index in [2.05, 4.69) is 25.8 Å². The van der Waals surface area contributed by atoms with Gasteiger partial charge in [0.05, 0.1) is 88.6 Å². The first-order valence-electron chi connectivity index (χ1n) is 24.6. The van der Waals surface area contributed by atoms with Gasteiger partial charge in [0.15, 0.2) is 0 Å². The highest BCUT2D eigenvalue weighted by atomic mass is 19.4. The number of hydrogen-bond acceptors (Lipinski definition) is 13. The van der Waals surface area contributed by atoms with E-state index in [4.69, 9.17) is 29.4 Å². The number of nitrogens with one attached hydrogen (secondary N) is 4. The van der Waals surface area contributed by atoms with Crippen LogP contribution in [0.5, 0.6) is 0 Å². The van der Waals surface area contributed by atoms with Gasteiger partial charge in [0.25, 0.3) is 11.8 Å². The second-order valence-electron chi connectivity index (χ2n) is 19.3. The van der Waals surface area contributed by atoms with Crippen molar-refractivity contribution < 1.29 is 65.2 Å². The SMILES string of the molecule is CC1CN(c2ccc(-c3cc(C(=O)NCCOCCOCCOCCOCCOCCC(=O)N[C@H](C(=O)N4CCC[C@H]4C(N)=O)C(C)(C)C)ccc3F)cc2NC(=O)c2c[nH]c(=O)cc2C(F)(F)F)C[C@H](C)N1C. The summed E-state index contributed by atoms with van der Waals surface area (Å²) < 4.78 is 84.9. The second-order valence-corrected chi connectivity index (χ2v) is 19.3. The molecule has 6 N–H and O–H groups in total. The predicted molar refractivity (Wildman–Crippen MR) is 267 cm³/mol. The number of likely N-dealkylation sites (tertiary alicyclic amines) is 1. The van der Waals surface area contributed by atoms with Crippen molar-refractivity contribution in [3.05, 3.63) is 81.5 Å². The molecular weight excluding hydrogens is 977 g/mol. The van der Waals surface area contributed by atoms with Crippen LogP contribution in [0.2, 0.25) is 0 Å². The van der Waals surface area contributed by atoms with Gasteiger partial charge in [-0.25, -0.2) is 4.39 Å². The number of pyridine rings is 1. The number of likely N-dealkylation sites (N-methyl/N-ethyl adjacent to an activating group) is 1. The number of halogens is 4. The van der Waals surface area contributed by atoms with Crippen LogP contribution < -0.4 is 32.1 Å². The third-order valence-corrected chi connectivity index (χ3v) is 12.7. The van der Waals surface area contributed by atoms with Gasteiger partial charge >= 0.3 is 6.18 Å². The number of carbonyl (C=O) groups excluding carboxylic acids is 5. The number of hydrogen-bond donors (Lipinski definition) is 5. The van der Waals surface area contributed by atoms with Gasteiger partial charge in [-0.2, -0.15) is 13.2 Å². The highest BCUT2D eigenvalue weighted by Crippen LogP contribution is 2.37. The summed E-state index contributed by atoms with van der Waals surface area (Å²) in [7, 11) is 1.98. The molecule has 4 atom stereocenters. The van der Waals surface area contributed by atoms with Crippen molar-refractivity contribution in [2.45, 2.75) is 84.2 Å². The maximum Gasteiger partial charge on any atom is 0.417 e. The minimum atomic E-state index is -5.00. The molecule has 5 rings (SSSR count). The van der Waals surface area contributed by atoms with Crippen LogP contribution in [0.25, 0.3) is 11.1 Å². The Morgan fingerprint density at radius 3 is 1.99 bits per heavy atom. The van der Waals surface area contributed by atoms with Gasteiger partial charge in [0.1, 0.15) is 17.9 Å². The molecule has 19 nitrogen and oxygen atoms in total. The van der Waals surface area contributed by atoms with Crippen molar-refractivity contribution in [3.63, 3.8) is 0 Å². The van der Waals surface area contributed by atoms with E-state index in [-0.39, 0.29) is 98.9 Å².